The van der Waals surface area contributed by atoms with Gasteiger partial charge in [-0.3, -0.25) is 4.68 Å². The Bertz CT molecular complexity index is 1070. The van der Waals surface area contributed by atoms with E-state index in [1.165, 1.54) is 12.8 Å². The minimum absolute atomic E-state index is 0.0598. The van der Waals surface area contributed by atoms with Gasteiger partial charge in [0.2, 0.25) is 11.8 Å². The molecule has 0 spiro atoms. The molecule has 3 aromatic heterocycles. The Balaban J connectivity index is 0.000000407. The average molecular weight is 425 g/mol. The number of aromatic nitrogens is 5. The van der Waals surface area contributed by atoms with Gasteiger partial charge in [0.25, 0.3) is 0 Å². The number of pyridine rings is 1. The fourth-order valence-electron chi connectivity index (χ4n) is 3.39. The largest absolute Gasteiger partial charge is 0.480 e. The van der Waals surface area contributed by atoms with Crippen molar-refractivity contribution in [2.24, 2.45) is 12.5 Å². The molecular weight excluding hydrogens is 392 g/mol. The molecule has 8 nitrogen and oxygen atoms in total. The van der Waals surface area contributed by atoms with Crippen LogP contribution < -0.4 is 9.64 Å². The number of ether oxygens (including phenoxy) is 2. The minimum atomic E-state index is -0.0598. The van der Waals surface area contributed by atoms with Gasteiger partial charge in [-0.25, -0.2) is 4.98 Å². The van der Waals surface area contributed by atoms with Crippen LogP contribution in [0.1, 0.15) is 49.6 Å². The molecule has 0 radical (unpaired) electrons. The van der Waals surface area contributed by atoms with Gasteiger partial charge in [-0.15, -0.1) is 0 Å². The fraction of sp³-hybridized carbons (Fsp3) is 0.565. The van der Waals surface area contributed by atoms with E-state index in [2.05, 4.69) is 33.8 Å². The van der Waals surface area contributed by atoms with Gasteiger partial charge < -0.3 is 14.4 Å². The van der Waals surface area contributed by atoms with E-state index in [1.54, 1.807) is 11.8 Å². The molecule has 166 valence electrons. The van der Waals surface area contributed by atoms with Crippen molar-refractivity contribution < 1.29 is 9.47 Å². The SMILES string of the molecule is CC1(C)CC1.COc1nc(N2CCOC(c3cnn(C)c3)C2)nc2nc(C)c(C)cc12. The average Bonchev–Trinajstić information content (AvgIpc) is 3.27. The maximum atomic E-state index is 5.91. The molecule has 0 amide bonds. The highest BCUT2D eigenvalue weighted by Gasteiger charge is 2.30. The van der Waals surface area contributed by atoms with Gasteiger partial charge in [0.15, 0.2) is 5.65 Å². The number of morpholine rings is 1. The van der Waals surface area contributed by atoms with Crippen molar-refractivity contribution in [2.75, 3.05) is 31.7 Å². The predicted molar refractivity (Wildman–Crippen MR) is 120 cm³/mol. The first-order chi connectivity index (χ1) is 14.8. The molecule has 1 aliphatic carbocycles. The number of fused-ring (bicyclic) bond motifs is 1. The quantitative estimate of drug-likeness (QED) is 0.633. The van der Waals surface area contributed by atoms with Crippen molar-refractivity contribution in [2.45, 2.75) is 46.6 Å². The van der Waals surface area contributed by atoms with Gasteiger partial charge in [0.05, 0.1) is 31.8 Å². The zero-order valence-corrected chi connectivity index (χ0v) is 19.3. The van der Waals surface area contributed by atoms with Crippen molar-refractivity contribution >= 4 is 17.0 Å². The highest BCUT2D eigenvalue weighted by atomic mass is 16.5. The van der Waals surface area contributed by atoms with Crippen LogP contribution in [0.5, 0.6) is 5.88 Å². The highest BCUT2D eigenvalue weighted by molar-refractivity contribution is 5.82. The van der Waals surface area contributed by atoms with Crippen LogP contribution in [-0.2, 0) is 11.8 Å². The van der Waals surface area contributed by atoms with Gasteiger partial charge in [-0.1, -0.05) is 13.8 Å². The molecule has 1 aliphatic heterocycles. The zero-order valence-electron chi connectivity index (χ0n) is 19.3. The fourth-order valence-corrected chi connectivity index (χ4v) is 3.39. The summed E-state index contributed by atoms with van der Waals surface area (Å²) >= 11 is 0. The minimum Gasteiger partial charge on any atom is -0.480 e. The van der Waals surface area contributed by atoms with Crippen LogP contribution in [0.3, 0.4) is 0 Å². The molecule has 31 heavy (non-hydrogen) atoms. The van der Waals surface area contributed by atoms with E-state index in [0.29, 0.717) is 30.6 Å². The van der Waals surface area contributed by atoms with E-state index < -0.39 is 0 Å². The molecule has 0 bridgehead atoms. The van der Waals surface area contributed by atoms with E-state index in [9.17, 15) is 0 Å². The molecule has 8 heteroatoms. The molecule has 0 N–H and O–H groups in total. The summed E-state index contributed by atoms with van der Waals surface area (Å²) in [4.78, 5) is 16.0. The molecule has 1 unspecified atom stereocenters. The second kappa shape index (κ2) is 8.42. The first-order valence-corrected chi connectivity index (χ1v) is 10.8. The number of methoxy groups -OCH3 is 1. The van der Waals surface area contributed by atoms with Crippen LogP contribution in [0.25, 0.3) is 11.0 Å². The summed E-state index contributed by atoms with van der Waals surface area (Å²) in [7, 11) is 3.52. The second-order valence-electron chi connectivity index (χ2n) is 9.21. The number of hydrogen-bond donors (Lipinski definition) is 0. The number of aryl methyl sites for hydroxylation is 3. The lowest BCUT2D eigenvalue weighted by molar-refractivity contribution is 0.0391. The Kier molecular flexibility index (Phi) is 5.83. The van der Waals surface area contributed by atoms with Gasteiger partial charge >= 0.3 is 0 Å². The molecule has 4 heterocycles. The van der Waals surface area contributed by atoms with E-state index >= 15 is 0 Å². The lowest BCUT2D eigenvalue weighted by atomic mass is 10.1. The van der Waals surface area contributed by atoms with Crippen molar-refractivity contribution in [3.8, 4) is 5.88 Å². The molecule has 5 rings (SSSR count). The Morgan fingerprint density at radius 1 is 1.16 bits per heavy atom. The van der Waals surface area contributed by atoms with Crippen LogP contribution in [0.15, 0.2) is 18.5 Å². The summed E-state index contributed by atoms with van der Waals surface area (Å²) in [6, 6.07) is 2.03. The van der Waals surface area contributed by atoms with Crippen molar-refractivity contribution in [3.63, 3.8) is 0 Å². The first kappa shape index (κ1) is 21.5. The number of hydrogen-bond acceptors (Lipinski definition) is 7. The van der Waals surface area contributed by atoms with Gasteiger partial charge in [0, 0.05) is 31.0 Å². The van der Waals surface area contributed by atoms with Gasteiger partial charge in [-0.05, 0) is 43.7 Å². The summed E-state index contributed by atoms with van der Waals surface area (Å²) in [5, 5.41) is 5.06. The molecule has 1 saturated heterocycles. The van der Waals surface area contributed by atoms with E-state index in [-0.39, 0.29) is 6.10 Å². The molecule has 3 aromatic rings. The Labute approximate surface area is 183 Å². The Morgan fingerprint density at radius 3 is 2.52 bits per heavy atom. The zero-order chi connectivity index (χ0) is 22.2. The number of nitrogens with zero attached hydrogens (tertiary/aromatic N) is 6. The summed E-state index contributed by atoms with van der Waals surface area (Å²) in [6.45, 7) is 10.6. The molecule has 2 aliphatic rings. The summed E-state index contributed by atoms with van der Waals surface area (Å²) in [6.07, 6.45) is 6.66. The molecule has 1 atom stereocenters. The third-order valence-electron chi connectivity index (χ3n) is 5.97. The lowest BCUT2D eigenvalue weighted by Gasteiger charge is -2.32. The predicted octanol–water partition coefficient (Wildman–Crippen LogP) is 3.77. The smallest absolute Gasteiger partial charge is 0.230 e. The van der Waals surface area contributed by atoms with Gasteiger partial charge in [-0.2, -0.15) is 15.1 Å². The molecule has 0 aromatic carbocycles. The van der Waals surface area contributed by atoms with Crippen LogP contribution in [0.4, 0.5) is 5.95 Å². The van der Waals surface area contributed by atoms with Crippen LogP contribution in [0, 0.1) is 19.3 Å². The molecular formula is C23H32N6O2. The summed E-state index contributed by atoms with van der Waals surface area (Å²) in [5.41, 5.74) is 4.50. The monoisotopic (exact) mass is 424 g/mol. The second-order valence-corrected chi connectivity index (χ2v) is 9.21. The van der Waals surface area contributed by atoms with Gasteiger partial charge in [0.1, 0.15) is 6.10 Å². The van der Waals surface area contributed by atoms with Crippen LogP contribution >= 0.6 is 0 Å². The van der Waals surface area contributed by atoms with E-state index in [4.69, 9.17) is 14.5 Å². The normalized spacial score (nSPS) is 19.7. The first-order valence-electron chi connectivity index (χ1n) is 10.8. The van der Waals surface area contributed by atoms with E-state index in [0.717, 1.165) is 34.2 Å². The number of anilines is 1. The third-order valence-corrected chi connectivity index (χ3v) is 5.97. The molecule has 1 saturated carbocycles. The Hall–Kier alpha value is -2.74. The third kappa shape index (κ3) is 4.95. The number of rotatable bonds is 3. The topological polar surface area (TPSA) is 78.2 Å². The maximum absolute atomic E-state index is 5.91. The van der Waals surface area contributed by atoms with Crippen molar-refractivity contribution in [1.29, 1.82) is 0 Å². The maximum Gasteiger partial charge on any atom is 0.230 e. The van der Waals surface area contributed by atoms with Crippen LogP contribution in [0.2, 0.25) is 0 Å². The van der Waals surface area contributed by atoms with E-state index in [1.807, 2.05) is 39.4 Å². The lowest BCUT2D eigenvalue weighted by Crippen LogP contribution is -2.39. The summed E-state index contributed by atoms with van der Waals surface area (Å²) < 4.78 is 13.2. The Morgan fingerprint density at radius 2 is 1.90 bits per heavy atom. The summed E-state index contributed by atoms with van der Waals surface area (Å²) in [5.74, 6) is 1.16. The standard InChI is InChI=1S/C18H22N6O2.C5H10/c1-11-7-14-16(20-12(11)2)21-18(22-17(14)25-4)24-5-6-26-15(10-24)13-8-19-23(3)9-13;1-5(2)3-4-5/h7-9,15H,5-6,10H2,1-4H3;3-4H2,1-2H3. The molecule has 2 fully saturated rings. The van der Waals surface area contributed by atoms with Crippen molar-refractivity contribution in [3.05, 3.63) is 35.3 Å². The van der Waals surface area contributed by atoms with Crippen LogP contribution in [-0.4, -0.2) is 51.5 Å². The highest BCUT2D eigenvalue weighted by Crippen LogP contribution is 2.43. The van der Waals surface area contributed by atoms with Crippen molar-refractivity contribution in [1.82, 2.24) is 24.7 Å².